The smallest absolute Gasteiger partial charge is 0.323 e. The van der Waals surface area contributed by atoms with E-state index in [2.05, 4.69) is 21.2 Å². The standard InChI is InChI=1S/C20H16BrFN2O4/c1-28-20(27)17-15-14(16(23-17)10-5-7-11(21)8-6-10)18(25)24(19(15)26)13-4-2-3-12(22)9-13/h2-9,14-17,23H,1H3/t14-,15+,16-,17-/m1/s1. The first-order valence-corrected chi connectivity index (χ1v) is 9.44. The number of hydrogen-bond acceptors (Lipinski definition) is 5. The number of hydrogen-bond donors (Lipinski definition) is 1. The molecule has 144 valence electrons. The largest absolute Gasteiger partial charge is 0.468 e. The van der Waals surface area contributed by atoms with Crippen molar-refractivity contribution in [1.82, 2.24) is 5.32 Å². The minimum atomic E-state index is -0.960. The number of fused-ring (bicyclic) bond motifs is 1. The number of carbonyl (C=O) groups is 3. The van der Waals surface area contributed by atoms with Gasteiger partial charge in [0.05, 0.1) is 24.6 Å². The van der Waals surface area contributed by atoms with E-state index in [9.17, 15) is 18.8 Å². The van der Waals surface area contributed by atoms with Crippen LogP contribution in [0.25, 0.3) is 0 Å². The average molecular weight is 447 g/mol. The van der Waals surface area contributed by atoms with Crippen LogP contribution in [0.15, 0.2) is 53.0 Å². The van der Waals surface area contributed by atoms with Crippen molar-refractivity contribution in [2.75, 3.05) is 12.0 Å². The van der Waals surface area contributed by atoms with Crippen LogP contribution in [0, 0.1) is 17.7 Å². The molecule has 2 heterocycles. The minimum absolute atomic E-state index is 0.155. The summed E-state index contributed by atoms with van der Waals surface area (Å²) in [6.07, 6.45) is 0. The lowest BCUT2D eigenvalue weighted by molar-refractivity contribution is -0.145. The predicted octanol–water partition coefficient (Wildman–Crippen LogP) is 2.58. The molecule has 2 aromatic carbocycles. The third kappa shape index (κ3) is 2.93. The van der Waals surface area contributed by atoms with Gasteiger partial charge in [0.15, 0.2) is 0 Å². The van der Waals surface area contributed by atoms with Crippen LogP contribution in [0.1, 0.15) is 11.6 Å². The van der Waals surface area contributed by atoms with Crippen LogP contribution in [0.3, 0.4) is 0 Å². The van der Waals surface area contributed by atoms with Crippen LogP contribution in [0.2, 0.25) is 0 Å². The lowest BCUT2D eigenvalue weighted by Crippen LogP contribution is -2.43. The number of nitrogens with one attached hydrogen (secondary N) is 1. The molecule has 0 aliphatic carbocycles. The minimum Gasteiger partial charge on any atom is -0.468 e. The van der Waals surface area contributed by atoms with Crippen molar-refractivity contribution in [3.63, 3.8) is 0 Å². The zero-order chi connectivity index (χ0) is 20.0. The Morgan fingerprint density at radius 1 is 1.11 bits per heavy atom. The lowest BCUT2D eigenvalue weighted by Gasteiger charge is -2.22. The van der Waals surface area contributed by atoms with Gasteiger partial charge in [-0.15, -0.1) is 0 Å². The summed E-state index contributed by atoms with van der Waals surface area (Å²) in [4.78, 5) is 39.6. The zero-order valence-corrected chi connectivity index (χ0v) is 16.4. The topological polar surface area (TPSA) is 75.7 Å². The van der Waals surface area contributed by atoms with Gasteiger partial charge in [-0.3, -0.25) is 19.7 Å². The monoisotopic (exact) mass is 446 g/mol. The van der Waals surface area contributed by atoms with E-state index in [0.29, 0.717) is 0 Å². The van der Waals surface area contributed by atoms with Gasteiger partial charge < -0.3 is 4.74 Å². The fraction of sp³-hybridized carbons (Fsp3) is 0.250. The van der Waals surface area contributed by atoms with E-state index in [0.717, 1.165) is 21.0 Å². The molecule has 0 aromatic heterocycles. The van der Waals surface area contributed by atoms with Crippen molar-refractivity contribution in [2.24, 2.45) is 11.8 Å². The highest BCUT2D eigenvalue weighted by Gasteiger charge is 2.61. The third-order valence-corrected chi connectivity index (χ3v) is 5.75. The summed E-state index contributed by atoms with van der Waals surface area (Å²) in [7, 11) is 1.23. The van der Waals surface area contributed by atoms with E-state index in [4.69, 9.17) is 4.74 Å². The summed E-state index contributed by atoms with van der Waals surface area (Å²) < 4.78 is 19.4. The fourth-order valence-electron chi connectivity index (χ4n) is 4.00. The van der Waals surface area contributed by atoms with E-state index in [-0.39, 0.29) is 5.69 Å². The molecule has 0 saturated carbocycles. The molecule has 8 heteroatoms. The molecule has 0 bridgehead atoms. The highest BCUT2D eigenvalue weighted by molar-refractivity contribution is 9.10. The van der Waals surface area contributed by atoms with E-state index < -0.39 is 47.5 Å². The first-order chi connectivity index (χ1) is 13.4. The lowest BCUT2D eigenvalue weighted by atomic mass is 9.86. The van der Waals surface area contributed by atoms with Crippen LogP contribution >= 0.6 is 15.9 Å². The van der Waals surface area contributed by atoms with E-state index in [1.807, 2.05) is 24.3 Å². The third-order valence-electron chi connectivity index (χ3n) is 5.23. The van der Waals surface area contributed by atoms with Gasteiger partial charge in [0.25, 0.3) is 0 Å². The van der Waals surface area contributed by atoms with Crippen molar-refractivity contribution < 1.29 is 23.5 Å². The number of methoxy groups -OCH3 is 1. The number of imide groups is 1. The van der Waals surface area contributed by atoms with Crippen LogP contribution in [0.5, 0.6) is 0 Å². The summed E-state index contributed by atoms with van der Waals surface area (Å²) in [5, 5.41) is 3.09. The molecule has 2 aliphatic heterocycles. The van der Waals surface area contributed by atoms with Crippen molar-refractivity contribution in [1.29, 1.82) is 0 Å². The summed E-state index contributed by atoms with van der Waals surface area (Å²) >= 11 is 3.37. The normalized spacial score (nSPS) is 26.5. The van der Waals surface area contributed by atoms with Gasteiger partial charge in [-0.1, -0.05) is 34.1 Å². The number of esters is 1. The molecule has 2 aromatic rings. The second-order valence-electron chi connectivity index (χ2n) is 6.74. The van der Waals surface area contributed by atoms with Crippen LogP contribution in [-0.2, 0) is 19.1 Å². The Balaban J connectivity index is 1.77. The Kier molecular flexibility index (Phi) is 4.76. The Labute approximate surface area is 168 Å². The van der Waals surface area contributed by atoms with Crippen molar-refractivity contribution >= 4 is 39.4 Å². The summed E-state index contributed by atoms with van der Waals surface area (Å²) in [6.45, 7) is 0. The Morgan fingerprint density at radius 3 is 2.43 bits per heavy atom. The molecule has 4 rings (SSSR count). The van der Waals surface area contributed by atoms with Crippen LogP contribution in [0.4, 0.5) is 10.1 Å². The van der Waals surface area contributed by atoms with Gasteiger partial charge in [0.2, 0.25) is 11.8 Å². The van der Waals surface area contributed by atoms with Gasteiger partial charge in [0.1, 0.15) is 11.9 Å². The highest BCUT2D eigenvalue weighted by Crippen LogP contribution is 2.45. The quantitative estimate of drug-likeness (QED) is 0.579. The van der Waals surface area contributed by atoms with E-state index in [1.54, 1.807) is 0 Å². The number of amides is 2. The van der Waals surface area contributed by atoms with Crippen molar-refractivity contribution in [3.05, 3.63) is 64.4 Å². The molecule has 2 fully saturated rings. The molecule has 4 atom stereocenters. The Bertz CT molecular complexity index is 965. The maximum atomic E-state index is 13.7. The first kappa shape index (κ1) is 18.8. The molecule has 1 N–H and O–H groups in total. The molecule has 0 unspecified atom stereocenters. The summed E-state index contributed by atoms with van der Waals surface area (Å²) in [5.41, 5.74) is 0.925. The van der Waals surface area contributed by atoms with Crippen LogP contribution in [-0.4, -0.2) is 30.9 Å². The van der Waals surface area contributed by atoms with Gasteiger partial charge in [0, 0.05) is 10.5 Å². The molecule has 2 saturated heterocycles. The van der Waals surface area contributed by atoms with Crippen molar-refractivity contribution in [3.8, 4) is 0 Å². The van der Waals surface area contributed by atoms with Crippen molar-refractivity contribution in [2.45, 2.75) is 12.1 Å². The molecule has 6 nitrogen and oxygen atoms in total. The van der Waals surface area contributed by atoms with E-state index in [1.165, 1.54) is 25.3 Å². The molecular weight excluding hydrogens is 431 g/mol. The second-order valence-corrected chi connectivity index (χ2v) is 7.66. The average Bonchev–Trinajstić information content (AvgIpc) is 3.19. The molecule has 28 heavy (non-hydrogen) atoms. The first-order valence-electron chi connectivity index (χ1n) is 8.65. The Morgan fingerprint density at radius 2 is 1.79 bits per heavy atom. The predicted molar refractivity (Wildman–Crippen MR) is 102 cm³/mol. The van der Waals surface area contributed by atoms with Gasteiger partial charge in [-0.2, -0.15) is 0 Å². The van der Waals surface area contributed by atoms with E-state index >= 15 is 0 Å². The number of benzene rings is 2. The highest BCUT2D eigenvalue weighted by atomic mass is 79.9. The SMILES string of the molecule is COC(=O)[C@@H]1N[C@H](c2ccc(Br)cc2)[C@@H]2C(=O)N(c3cccc(F)c3)C(=O)[C@@H]21. The molecule has 2 aliphatic rings. The van der Waals surface area contributed by atoms with Gasteiger partial charge >= 0.3 is 5.97 Å². The Hall–Kier alpha value is -2.58. The summed E-state index contributed by atoms with van der Waals surface area (Å²) in [5.74, 6) is -3.88. The zero-order valence-electron chi connectivity index (χ0n) is 14.8. The maximum absolute atomic E-state index is 13.7. The van der Waals surface area contributed by atoms with Gasteiger partial charge in [-0.05, 0) is 35.9 Å². The maximum Gasteiger partial charge on any atom is 0.323 e. The molecule has 2 amide bonds. The summed E-state index contributed by atoms with van der Waals surface area (Å²) in [6, 6.07) is 11.1. The number of nitrogens with zero attached hydrogens (tertiary/aromatic N) is 1. The fourth-order valence-corrected chi connectivity index (χ4v) is 4.26. The molecule has 0 radical (unpaired) electrons. The number of carbonyl (C=O) groups excluding carboxylic acids is 3. The number of ether oxygens (including phenoxy) is 1. The van der Waals surface area contributed by atoms with Crippen LogP contribution < -0.4 is 10.2 Å². The number of rotatable bonds is 3. The number of halogens is 2. The number of anilines is 1. The second kappa shape index (κ2) is 7.10. The molecule has 0 spiro atoms. The molecular formula is C20H16BrFN2O4. The van der Waals surface area contributed by atoms with Gasteiger partial charge in [-0.25, -0.2) is 9.29 Å².